The van der Waals surface area contributed by atoms with Crippen molar-refractivity contribution in [2.24, 2.45) is 0 Å². The Labute approximate surface area is 138 Å². The second kappa shape index (κ2) is 7.29. The summed E-state index contributed by atoms with van der Waals surface area (Å²) in [6, 6.07) is 4.66. The van der Waals surface area contributed by atoms with E-state index in [1.165, 1.54) is 36.3 Å². The van der Waals surface area contributed by atoms with Crippen LogP contribution in [0.2, 0.25) is 0 Å². The van der Waals surface area contributed by atoms with Crippen LogP contribution in [-0.4, -0.2) is 37.2 Å². The molecule has 1 heterocycles. The normalized spacial score (nSPS) is 17.8. The number of amides is 2. The van der Waals surface area contributed by atoms with Crippen LogP contribution >= 0.6 is 0 Å². The van der Waals surface area contributed by atoms with E-state index in [1.54, 1.807) is 13.8 Å². The zero-order valence-electron chi connectivity index (χ0n) is 13.5. The van der Waals surface area contributed by atoms with E-state index in [-0.39, 0.29) is 11.8 Å². The molecule has 0 saturated heterocycles. The highest BCUT2D eigenvalue weighted by molar-refractivity contribution is 5.94. The molecule has 0 spiro atoms. The highest BCUT2D eigenvalue weighted by atomic mass is 19.3. The number of benzene rings is 1. The number of urea groups is 1. The first-order valence-electron chi connectivity index (χ1n) is 7.30. The molecule has 2 amide bonds. The molecule has 1 N–H and O–H groups in total. The summed E-state index contributed by atoms with van der Waals surface area (Å²) in [6.07, 6.45) is 0. The average molecular weight is 340 g/mol. The van der Waals surface area contributed by atoms with Gasteiger partial charge in [-0.05, 0) is 31.5 Å². The lowest BCUT2D eigenvalue weighted by atomic mass is 9.95. The molecular weight excluding hydrogens is 322 g/mol. The largest absolute Gasteiger partial charge is 0.466 e. The van der Waals surface area contributed by atoms with Gasteiger partial charge in [0.25, 0.3) is 0 Å². The first-order valence-corrected chi connectivity index (χ1v) is 7.30. The maximum Gasteiger partial charge on any atom is 0.387 e. The maximum atomic E-state index is 12.2. The molecular formula is C16H18F2N2O4. The molecule has 0 aromatic heterocycles. The number of halogens is 2. The number of nitrogens with one attached hydrogen (secondary N) is 1. The van der Waals surface area contributed by atoms with Crippen molar-refractivity contribution in [3.8, 4) is 5.75 Å². The van der Waals surface area contributed by atoms with Crippen molar-refractivity contribution in [2.45, 2.75) is 26.5 Å². The number of rotatable bonds is 5. The van der Waals surface area contributed by atoms with Crippen LogP contribution in [0, 0.1) is 0 Å². The minimum absolute atomic E-state index is 0.00797. The molecule has 0 unspecified atom stereocenters. The molecule has 1 aliphatic rings. The predicted octanol–water partition coefficient (Wildman–Crippen LogP) is 2.82. The highest BCUT2D eigenvalue weighted by Crippen LogP contribution is 2.32. The molecule has 0 fully saturated rings. The van der Waals surface area contributed by atoms with Gasteiger partial charge in [-0.3, -0.25) is 4.90 Å². The summed E-state index contributed by atoms with van der Waals surface area (Å²) in [7, 11) is 1.26. The molecule has 0 bridgehead atoms. The standard InChI is InChI=1S/C16H18F2N2O4/c1-4-20-9(2)12(14(21)23-3)13(19-16(20)22)10-5-7-11(8-6-10)24-15(17)18/h5-8,13,15H,4H2,1-3H3,(H,19,22)/t13-/m1/s1. The van der Waals surface area contributed by atoms with Gasteiger partial charge in [0.15, 0.2) is 0 Å². The average Bonchev–Trinajstić information content (AvgIpc) is 2.54. The Morgan fingerprint density at radius 1 is 1.33 bits per heavy atom. The molecule has 6 nitrogen and oxygen atoms in total. The van der Waals surface area contributed by atoms with E-state index >= 15 is 0 Å². The van der Waals surface area contributed by atoms with Crippen molar-refractivity contribution < 1.29 is 27.8 Å². The number of esters is 1. The Hall–Kier alpha value is -2.64. The van der Waals surface area contributed by atoms with Crippen LogP contribution in [0.25, 0.3) is 0 Å². The van der Waals surface area contributed by atoms with E-state index in [1.807, 2.05) is 0 Å². The fourth-order valence-corrected chi connectivity index (χ4v) is 2.63. The van der Waals surface area contributed by atoms with Gasteiger partial charge in [-0.25, -0.2) is 9.59 Å². The van der Waals surface area contributed by atoms with Crippen molar-refractivity contribution in [3.05, 3.63) is 41.1 Å². The SMILES string of the molecule is CCN1C(=O)N[C@H](c2ccc(OC(F)F)cc2)C(C(=O)OC)=C1C. The van der Waals surface area contributed by atoms with Gasteiger partial charge in [-0.1, -0.05) is 12.1 Å². The number of alkyl halides is 2. The third kappa shape index (κ3) is 3.47. The predicted molar refractivity (Wildman–Crippen MR) is 81.4 cm³/mol. The number of allylic oxidation sites excluding steroid dienone is 1. The van der Waals surface area contributed by atoms with Crippen LogP contribution in [0.5, 0.6) is 5.75 Å². The molecule has 8 heteroatoms. The quantitative estimate of drug-likeness (QED) is 0.837. The van der Waals surface area contributed by atoms with Gasteiger partial charge >= 0.3 is 18.6 Å². The summed E-state index contributed by atoms with van der Waals surface area (Å²) in [5.41, 5.74) is 1.34. The number of hydrogen-bond acceptors (Lipinski definition) is 4. The molecule has 1 atom stereocenters. The summed E-state index contributed by atoms with van der Waals surface area (Å²) >= 11 is 0. The van der Waals surface area contributed by atoms with Gasteiger partial charge in [-0.15, -0.1) is 0 Å². The smallest absolute Gasteiger partial charge is 0.387 e. The van der Waals surface area contributed by atoms with Crippen molar-refractivity contribution in [1.82, 2.24) is 10.2 Å². The van der Waals surface area contributed by atoms with E-state index in [0.717, 1.165) is 0 Å². The molecule has 0 saturated carbocycles. The van der Waals surface area contributed by atoms with Crippen LogP contribution in [-0.2, 0) is 9.53 Å². The second-order valence-corrected chi connectivity index (χ2v) is 5.06. The van der Waals surface area contributed by atoms with E-state index in [0.29, 0.717) is 23.4 Å². The summed E-state index contributed by atoms with van der Waals surface area (Å²) in [6.45, 7) is 0.924. The summed E-state index contributed by atoms with van der Waals surface area (Å²) < 4.78 is 33.6. The third-order valence-electron chi connectivity index (χ3n) is 3.76. The number of carbonyl (C=O) groups is 2. The number of ether oxygens (including phenoxy) is 2. The van der Waals surface area contributed by atoms with Crippen molar-refractivity contribution in [1.29, 1.82) is 0 Å². The maximum absolute atomic E-state index is 12.2. The fourth-order valence-electron chi connectivity index (χ4n) is 2.63. The summed E-state index contributed by atoms with van der Waals surface area (Å²) in [5, 5.41) is 2.73. The Morgan fingerprint density at radius 2 is 1.96 bits per heavy atom. The fraction of sp³-hybridized carbons (Fsp3) is 0.375. The molecule has 2 rings (SSSR count). The molecule has 1 aromatic carbocycles. The Kier molecular flexibility index (Phi) is 5.38. The van der Waals surface area contributed by atoms with Crippen molar-refractivity contribution in [3.63, 3.8) is 0 Å². The monoisotopic (exact) mass is 340 g/mol. The zero-order chi connectivity index (χ0) is 17.9. The van der Waals surface area contributed by atoms with Gasteiger partial charge < -0.3 is 14.8 Å². The van der Waals surface area contributed by atoms with Crippen LogP contribution in [0.4, 0.5) is 13.6 Å². The van der Waals surface area contributed by atoms with Gasteiger partial charge in [0, 0.05) is 12.2 Å². The van der Waals surface area contributed by atoms with E-state index in [2.05, 4.69) is 10.1 Å². The number of nitrogens with zero attached hydrogens (tertiary/aromatic N) is 1. The van der Waals surface area contributed by atoms with E-state index < -0.39 is 18.6 Å². The zero-order valence-corrected chi connectivity index (χ0v) is 13.5. The molecule has 24 heavy (non-hydrogen) atoms. The first kappa shape index (κ1) is 17.7. The Bertz CT molecular complexity index is 659. The minimum atomic E-state index is -2.92. The van der Waals surface area contributed by atoms with Gasteiger partial charge in [0.2, 0.25) is 0 Å². The van der Waals surface area contributed by atoms with Crippen LogP contribution in [0.15, 0.2) is 35.5 Å². The van der Waals surface area contributed by atoms with Gasteiger partial charge in [0.05, 0.1) is 18.7 Å². The summed E-state index contributed by atoms with van der Waals surface area (Å²) in [4.78, 5) is 25.8. The number of carbonyl (C=O) groups excluding carboxylic acids is 2. The second-order valence-electron chi connectivity index (χ2n) is 5.06. The molecule has 1 aromatic rings. The van der Waals surface area contributed by atoms with Crippen LogP contribution < -0.4 is 10.1 Å². The molecule has 0 radical (unpaired) electrons. The number of methoxy groups -OCH3 is 1. The van der Waals surface area contributed by atoms with Crippen molar-refractivity contribution >= 4 is 12.0 Å². The van der Waals surface area contributed by atoms with Gasteiger partial charge in [0.1, 0.15) is 5.75 Å². The third-order valence-corrected chi connectivity index (χ3v) is 3.76. The lowest BCUT2D eigenvalue weighted by Crippen LogP contribution is -2.47. The lowest BCUT2D eigenvalue weighted by molar-refractivity contribution is -0.136. The highest BCUT2D eigenvalue weighted by Gasteiger charge is 2.35. The molecule has 130 valence electrons. The Morgan fingerprint density at radius 3 is 2.46 bits per heavy atom. The topological polar surface area (TPSA) is 67.9 Å². The van der Waals surface area contributed by atoms with Gasteiger partial charge in [-0.2, -0.15) is 8.78 Å². The van der Waals surface area contributed by atoms with Crippen molar-refractivity contribution in [2.75, 3.05) is 13.7 Å². The lowest BCUT2D eigenvalue weighted by Gasteiger charge is -2.34. The van der Waals surface area contributed by atoms with Crippen LogP contribution in [0.3, 0.4) is 0 Å². The van der Waals surface area contributed by atoms with E-state index in [4.69, 9.17) is 4.74 Å². The summed E-state index contributed by atoms with van der Waals surface area (Å²) in [5.74, 6) is -0.574. The van der Waals surface area contributed by atoms with Crippen LogP contribution in [0.1, 0.15) is 25.5 Å². The number of hydrogen-bond donors (Lipinski definition) is 1. The molecule has 0 aliphatic carbocycles. The Balaban J connectivity index is 2.41. The minimum Gasteiger partial charge on any atom is -0.466 e. The first-order chi connectivity index (χ1) is 11.4. The molecule has 1 aliphatic heterocycles. The van der Waals surface area contributed by atoms with E-state index in [9.17, 15) is 18.4 Å².